The van der Waals surface area contributed by atoms with Gasteiger partial charge in [-0.15, -0.1) is 11.3 Å². The fraction of sp³-hybridized carbons (Fsp3) is 0.583. The zero-order valence-electron chi connectivity index (χ0n) is 11.1. The largest absolute Gasteiger partial charge is 0.476 e. The van der Waals surface area contributed by atoms with Gasteiger partial charge in [-0.1, -0.05) is 11.6 Å². The summed E-state index contributed by atoms with van der Waals surface area (Å²) >= 11 is 1.16. The lowest BCUT2D eigenvalue weighted by atomic mass is 9.95. The highest BCUT2D eigenvalue weighted by molar-refractivity contribution is 7.13. The molecule has 0 radical (unpaired) electrons. The molecular formula is C12H17N3O4S. The van der Waals surface area contributed by atoms with Crippen molar-refractivity contribution >= 4 is 28.1 Å². The lowest BCUT2D eigenvalue weighted by molar-refractivity contribution is -0.129. The summed E-state index contributed by atoms with van der Waals surface area (Å²) in [5.41, 5.74) is 5.47. The van der Waals surface area contributed by atoms with Gasteiger partial charge in [0, 0.05) is 12.5 Å². The van der Waals surface area contributed by atoms with Gasteiger partial charge in [0.15, 0.2) is 11.2 Å². The van der Waals surface area contributed by atoms with E-state index in [1.165, 1.54) is 0 Å². The average molecular weight is 299 g/mol. The number of carbonyl (C=O) groups is 1. The zero-order chi connectivity index (χ0) is 14.5. The molecule has 110 valence electrons. The molecule has 0 bridgehead atoms. The fourth-order valence-electron chi connectivity index (χ4n) is 2.17. The summed E-state index contributed by atoms with van der Waals surface area (Å²) in [5.74, 6) is -1.19. The molecule has 0 spiro atoms. The van der Waals surface area contributed by atoms with Crippen molar-refractivity contribution < 1.29 is 19.5 Å². The maximum atomic E-state index is 11.2. The minimum absolute atomic E-state index is 0.0527. The van der Waals surface area contributed by atoms with E-state index in [4.69, 9.17) is 15.3 Å². The van der Waals surface area contributed by atoms with Crippen molar-refractivity contribution in [2.24, 2.45) is 5.16 Å². The van der Waals surface area contributed by atoms with Gasteiger partial charge in [-0.05, 0) is 19.3 Å². The molecule has 0 aromatic carbocycles. The van der Waals surface area contributed by atoms with E-state index in [1.54, 1.807) is 12.5 Å². The van der Waals surface area contributed by atoms with Gasteiger partial charge in [-0.2, -0.15) is 0 Å². The number of methoxy groups -OCH3 is 1. The lowest BCUT2D eigenvalue weighted by Crippen LogP contribution is -2.33. The summed E-state index contributed by atoms with van der Waals surface area (Å²) in [6.45, 7) is 0. The number of anilines is 1. The van der Waals surface area contributed by atoms with Gasteiger partial charge in [0.2, 0.25) is 5.71 Å². The monoisotopic (exact) mass is 299 g/mol. The summed E-state index contributed by atoms with van der Waals surface area (Å²) in [6, 6.07) is 0. The third-order valence-electron chi connectivity index (χ3n) is 3.19. The first-order valence-corrected chi connectivity index (χ1v) is 7.21. The Morgan fingerprint density at radius 1 is 1.50 bits per heavy atom. The van der Waals surface area contributed by atoms with E-state index in [2.05, 4.69) is 10.1 Å². The first-order chi connectivity index (χ1) is 9.61. The number of rotatable bonds is 5. The van der Waals surface area contributed by atoms with Crippen molar-refractivity contribution in [1.82, 2.24) is 4.98 Å². The molecule has 1 aliphatic rings. The van der Waals surface area contributed by atoms with E-state index in [1.807, 2.05) is 0 Å². The van der Waals surface area contributed by atoms with Crippen LogP contribution in [-0.2, 0) is 14.4 Å². The van der Waals surface area contributed by atoms with Gasteiger partial charge < -0.3 is 20.4 Å². The number of nitrogens with two attached hydrogens (primary N) is 1. The maximum Gasteiger partial charge on any atom is 0.360 e. The Kier molecular flexibility index (Phi) is 4.91. The highest BCUT2D eigenvalue weighted by Gasteiger charge is 2.27. The van der Waals surface area contributed by atoms with E-state index in [-0.39, 0.29) is 23.6 Å². The van der Waals surface area contributed by atoms with Crippen LogP contribution in [0.4, 0.5) is 5.13 Å². The second-order valence-electron chi connectivity index (χ2n) is 4.52. The Morgan fingerprint density at radius 3 is 2.75 bits per heavy atom. The normalized spacial score (nSPS) is 23.6. The molecule has 1 saturated carbocycles. The number of thiazole rings is 1. The van der Waals surface area contributed by atoms with Crippen molar-refractivity contribution in [2.75, 3.05) is 12.8 Å². The molecule has 20 heavy (non-hydrogen) atoms. The Hall–Kier alpha value is -1.67. The fourth-order valence-corrected chi connectivity index (χ4v) is 2.71. The Balaban J connectivity index is 2.11. The third-order valence-corrected chi connectivity index (χ3v) is 3.87. The summed E-state index contributed by atoms with van der Waals surface area (Å²) in [6.07, 6.45) is 3.52. The van der Waals surface area contributed by atoms with E-state index in [0.717, 1.165) is 37.0 Å². The minimum Gasteiger partial charge on any atom is -0.476 e. The Morgan fingerprint density at radius 2 is 2.20 bits per heavy atom. The van der Waals surface area contributed by atoms with Gasteiger partial charge in [-0.3, -0.25) is 0 Å². The van der Waals surface area contributed by atoms with Crippen LogP contribution in [0, 0.1) is 0 Å². The SMILES string of the molecule is COC1CCCCC1O/N=C(\C(=O)O)c1csc(N)n1. The van der Waals surface area contributed by atoms with Crippen LogP contribution in [-0.4, -0.2) is 41.1 Å². The first kappa shape index (κ1) is 14.7. The van der Waals surface area contributed by atoms with Crippen LogP contribution in [0.1, 0.15) is 31.4 Å². The quantitative estimate of drug-likeness (QED) is 0.630. The van der Waals surface area contributed by atoms with Gasteiger partial charge in [0.25, 0.3) is 0 Å². The van der Waals surface area contributed by atoms with Gasteiger partial charge in [-0.25, -0.2) is 9.78 Å². The van der Waals surface area contributed by atoms with Crippen molar-refractivity contribution in [2.45, 2.75) is 37.9 Å². The number of hydrogen-bond donors (Lipinski definition) is 2. The van der Waals surface area contributed by atoms with Crippen LogP contribution in [0.5, 0.6) is 0 Å². The van der Waals surface area contributed by atoms with Gasteiger partial charge >= 0.3 is 5.97 Å². The highest BCUT2D eigenvalue weighted by atomic mass is 32.1. The van der Waals surface area contributed by atoms with E-state index >= 15 is 0 Å². The van der Waals surface area contributed by atoms with E-state index < -0.39 is 5.97 Å². The van der Waals surface area contributed by atoms with Crippen molar-refractivity contribution in [3.05, 3.63) is 11.1 Å². The highest BCUT2D eigenvalue weighted by Crippen LogP contribution is 2.24. The van der Waals surface area contributed by atoms with Crippen LogP contribution in [0.15, 0.2) is 10.5 Å². The number of oxime groups is 1. The van der Waals surface area contributed by atoms with Gasteiger partial charge in [0.05, 0.1) is 6.10 Å². The minimum atomic E-state index is -1.19. The average Bonchev–Trinajstić information content (AvgIpc) is 2.85. The molecule has 8 heteroatoms. The zero-order valence-corrected chi connectivity index (χ0v) is 11.9. The molecule has 3 N–H and O–H groups in total. The predicted molar refractivity (Wildman–Crippen MR) is 74.8 cm³/mol. The number of ether oxygens (including phenoxy) is 1. The molecule has 1 aliphatic carbocycles. The molecule has 0 saturated heterocycles. The Bertz CT molecular complexity index is 503. The number of nitrogens with zero attached hydrogens (tertiary/aromatic N) is 2. The number of aliphatic carboxylic acids is 1. The topological polar surface area (TPSA) is 107 Å². The molecule has 1 heterocycles. The number of hydrogen-bond acceptors (Lipinski definition) is 7. The standard InChI is InChI=1S/C12H17N3O4S/c1-18-8-4-2-3-5-9(8)19-15-10(11(16)17)7-6-20-12(13)14-7/h6,8-9H,2-5H2,1H3,(H2,13,14)(H,16,17)/b15-10-. The summed E-state index contributed by atoms with van der Waals surface area (Å²) in [5, 5.41) is 14.8. The molecule has 7 nitrogen and oxygen atoms in total. The molecule has 2 rings (SSSR count). The lowest BCUT2D eigenvalue weighted by Gasteiger charge is -2.28. The third kappa shape index (κ3) is 3.45. The summed E-state index contributed by atoms with van der Waals surface area (Å²) in [7, 11) is 1.62. The smallest absolute Gasteiger partial charge is 0.360 e. The molecule has 2 atom stereocenters. The van der Waals surface area contributed by atoms with Crippen LogP contribution in [0.2, 0.25) is 0 Å². The van der Waals surface area contributed by atoms with E-state index in [0.29, 0.717) is 5.13 Å². The Labute approximate surface area is 120 Å². The first-order valence-electron chi connectivity index (χ1n) is 6.33. The number of carboxylic acid groups (broad SMARTS) is 1. The van der Waals surface area contributed by atoms with Crippen LogP contribution in [0.3, 0.4) is 0 Å². The molecule has 0 aliphatic heterocycles. The van der Waals surface area contributed by atoms with Crippen molar-refractivity contribution in [1.29, 1.82) is 0 Å². The second kappa shape index (κ2) is 6.67. The molecule has 0 amide bonds. The molecule has 1 aromatic heterocycles. The summed E-state index contributed by atoms with van der Waals surface area (Å²) in [4.78, 5) is 20.5. The van der Waals surface area contributed by atoms with E-state index in [9.17, 15) is 9.90 Å². The molecule has 2 unspecified atom stereocenters. The van der Waals surface area contributed by atoms with Crippen LogP contribution >= 0.6 is 11.3 Å². The molecule has 1 fully saturated rings. The maximum absolute atomic E-state index is 11.2. The van der Waals surface area contributed by atoms with Gasteiger partial charge in [0.1, 0.15) is 5.69 Å². The van der Waals surface area contributed by atoms with Crippen molar-refractivity contribution in [3.8, 4) is 0 Å². The number of carboxylic acids is 1. The van der Waals surface area contributed by atoms with Crippen LogP contribution in [0.25, 0.3) is 0 Å². The molecule has 1 aromatic rings. The predicted octanol–water partition coefficient (Wildman–Crippen LogP) is 1.49. The second-order valence-corrected chi connectivity index (χ2v) is 5.41. The summed E-state index contributed by atoms with van der Waals surface area (Å²) < 4.78 is 5.33. The number of aromatic nitrogens is 1. The van der Waals surface area contributed by atoms with Crippen LogP contribution < -0.4 is 5.73 Å². The van der Waals surface area contributed by atoms with Crippen molar-refractivity contribution in [3.63, 3.8) is 0 Å². The molecular weight excluding hydrogens is 282 g/mol. The number of nitrogen functional groups attached to an aromatic ring is 1.